The van der Waals surface area contributed by atoms with Gasteiger partial charge in [0.2, 0.25) is 5.91 Å². The summed E-state index contributed by atoms with van der Waals surface area (Å²) >= 11 is 0. The zero-order valence-electron chi connectivity index (χ0n) is 17.4. The number of benzene rings is 2. The summed E-state index contributed by atoms with van der Waals surface area (Å²) in [6.45, 7) is 7.84. The minimum absolute atomic E-state index is 0.0794. The van der Waals surface area contributed by atoms with Crippen molar-refractivity contribution >= 4 is 17.3 Å². The second-order valence-electron chi connectivity index (χ2n) is 9.07. The van der Waals surface area contributed by atoms with Crippen molar-refractivity contribution in [2.45, 2.75) is 70.9 Å². The lowest BCUT2D eigenvalue weighted by Gasteiger charge is -2.31. The Labute approximate surface area is 169 Å². The van der Waals surface area contributed by atoms with Crippen LogP contribution in [-0.2, 0) is 16.8 Å². The lowest BCUT2D eigenvalue weighted by atomic mass is 9.81. The van der Waals surface area contributed by atoms with Crippen LogP contribution < -0.4 is 10.2 Å². The van der Waals surface area contributed by atoms with Crippen LogP contribution in [0.5, 0.6) is 0 Å². The molecular weight excluding hydrogens is 344 g/mol. The molecule has 2 aromatic rings. The summed E-state index contributed by atoms with van der Waals surface area (Å²) in [4.78, 5) is 15.2. The fourth-order valence-corrected chi connectivity index (χ4v) is 4.83. The van der Waals surface area contributed by atoms with Crippen LogP contribution >= 0.6 is 0 Å². The van der Waals surface area contributed by atoms with Gasteiger partial charge in [0.15, 0.2) is 0 Å². The Morgan fingerprint density at radius 3 is 2.50 bits per heavy atom. The molecule has 3 heteroatoms. The van der Waals surface area contributed by atoms with Crippen molar-refractivity contribution in [3.63, 3.8) is 0 Å². The second-order valence-corrected chi connectivity index (χ2v) is 9.07. The fraction of sp³-hybridized carbons (Fsp3) is 0.480. The normalized spacial score (nSPS) is 21.4. The number of hydrogen-bond donors (Lipinski definition) is 1. The number of anilines is 2. The Morgan fingerprint density at radius 2 is 1.79 bits per heavy atom. The maximum atomic E-state index is 12.7. The van der Waals surface area contributed by atoms with Crippen molar-refractivity contribution in [3.8, 4) is 0 Å². The second kappa shape index (κ2) is 7.62. The van der Waals surface area contributed by atoms with E-state index in [-0.39, 0.29) is 17.2 Å². The molecule has 0 spiro atoms. The van der Waals surface area contributed by atoms with E-state index in [9.17, 15) is 4.79 Å². The molecule has 0 radical (unpaired) electrons. The molecule has 0 bridgehead atoms. The monoisotopic (exact) mass is 376 g/mol. The van der Waals surface area contributed by atoms with Crippen LogP contribution in [-0.4, -0.2) is 11.9 Å². The standard InChI is InChI=1S/C25H32N2O/c1-18-25(2,3)22-15-14-21(26-24(28)20-12-8-5-9-13-20)16-23(22)27(18)17-19-10-6-4-7-11-19/h4,6-7,10-11,14-16,18,20H,5,8-9,12-13,17H2,1-3H3,(H,26,28). The van der Waals surface area contributed by atoms with Crippen LogP contribution in [0.25, 0.3) is 0 Å². The van der Waals surface area contributed by atoms with Crippen molar-refractivity contribution < 1.29 is 4.79 Å². The Hall–Kier alpha value is -2.29. The highest BCUT2D eigenvalue weighted by molar-refractivity contribution is 5.93. The van der Waals surface area contributed by atoms with Gasteiger partial charge in [0.25, 0.3) is 0 Å². The molecule has 2 aliphatic rings. The quantitative estimate of drug-likeness (QED) is 0.721. The number of hydrogen-bond acceptors (Lipinski definition) is 2. The first-order valence-electron chi connectivity index (χ1n) is 10.7. The maximum Gasteiger partial charge on any atom is 0.227 e. The van der Waals surface area contributed by atoms with Gasteiger partial charge < -0.3 is 10.2 Å². The van der Waals surface area contributed by atoms with Crippen molar-refractivity contribution in [3.05, 3.63) is 59.7 Å². The van der Waals surface area contributed by atoms with Crippen molar-refractivity contribution in [1.29, 1.82) is 0 Å². The molecule has 1 amide bonds. The first-order chi connectivity index (χ1) is 13.5. The average Bonchev–Trinajstić information content (AvgIpc) is 2.90. The summed E-state index contributed by atoms with van der Waals surface area (Å²) < 4.78 is 0. The van der Waals surface area contributed by atoms with E-state index in [1.165, 1.54) is 36.1 Å². The molecule has 1 fully saturated rings. The van der Waals surface area contributed by atoms with Gasteiger partial charge in [-0.25, -0.2) is 0 Å². The molecule has 1 N–H and O–H groups in total. The van der Waals surface area contributed by atoms with E-state index in [0.29, 0.717) is 6.04 Å². The zero-order valence-corrected chi connectivity index (χ0v) is 17.4. The highest BCUT2D eigenvalue weighted by atomic mass is 16.1. The van der Waals surface area contributed by atoms with Crippen LogP contribution in [0.4, 0.5) is 11.4 Å². The highest BCUT2D eigenvalue weighted by Crippen LogP contribution is 2.46. The molecule has 1 heterocycles. The highest BCUT2D eigenvalue weighted by Gasteiger charge is 2.41. The van der Waals surface area contributed by atoms with Gasteiger partial charge in [-0.1, -0.05) is 69.5 Å². The third-order valence-electron chi connectivity index (χ3n) is 6.95. The number of carbonyl (C=O) groups is 1. The number of rotatable bonds is 4. The van der Waals surface area contributed by atoms with Crippen LogP contribution in [0.1, 0.15) is 64.0 Å². The van der Waals surface area contributed by atoms with Gasteiger partial charge in [0.05, 0.1) is 0 Å². The SMILES string of the molecule is CC1N(Cc2ccccc2)c2cc(NC(=O)C3CCCCC3)ccc2C1(C)C. The van der Waals surface area contributed by atoms with Crippen LogP contribution in [0, 0.1) is 5.92 Å². The number of fused-ring (bicyclic) bond motifs is 1. The maximum absolute atomic E-state index is 12.7. The van der Waals surface area contributed by atoms with Gasteiger partial charge in [-0.2, -0.15) is 0 Å². The first kappa shape index (κ1) is 19.0. The van der Waals surface area contributed by atoms with Crippen LogP contribution in [0.15, 0.2) is 48.5 Å². The van der Waals surface area contributed by atoms with Crippen molar-refractivity contribution in [2.24, 2.45) is 5.92 Å². The molecule has 0 aromatic heterocycles. The molecule has 4 rings (SSSR count). The van der Waals surface area contributed by atoms with Gasteiger partial charge in [0, 0.05) is 35.3 Å². The van der Waals surface area contributed by atoms with E-state index in [1.54, 1.807) is 0 Å². The average molecular weight is 377 g/mol. The Bertz CT molecular complexity index is 837. The minimum Gasteiger partial charge on any atom is -0.363 e. The summed E-state index contributed by atoms with van der Waals surface area (Å²) in [6.07, 6.45) is 5.68. The summed E-state index contributed by atoms with van der Waals surface area (Å²) in [5, 5.41) is 3.20. The molecule has 1 aliphatic carbocycles. The summed E-state index contributed by atoms with van der Waals surface area (Å²) in [5.74, 6) is 0.373. The van der Waals surface area contributed by atoms with Gasteiger partial charge in [0.1, 0.15) is 0 Å². The molecule has 148 valence electrons. The first-order valence-corrected chi connectivity index (χ1v) is 10.7. The van der Waals surface area contributed by atoms with E-state index in [4.69, 9.17) is 0 Å². The fourth-order valence-electron chi connectivity index (χ4n) is 4.83. The van der Waals surface area contributed by atoms with E-state index in [1.807, 2.05) is 0 Å². The Morgan fingerprint density at radius 1 is 1.07 bits per heavy atom. The number of nitrogens with one attached hydrogen (secondary N) is 1. The van der Waals surface area contributed by atoms with E-state index in [0.717, 1.165) is 25.1 Å². The number of carbonyl (C=O) groups excluding carboxylic acids is 1. The molecule has 1 aliphatic heterocycles. The zero-order chi connectivity index (χ0) is 19.7. The van der Waals surface area contributed by atoms with Gasteiger partial charge in [-0.3, -0.25) is 4.79 Å². The van der Waals surface area contributed by atoms with E-state index >= 15 is 0 Å². The van der Waals surface area contributed by atoms with E-state index < -0.39 is 0 Å². The number of amides is 1. The molecule has 0 saturated heterocycles. The summed E-state index contributed by atoms with van der Waals surface area (Å²) in [7, 11) is 0. The smallest absolute Gasteiger partial charge is 0.227 e. The topological polar surface area (TPSA) is 32.3 Å². The summed E-state index contributed by atoms with van der Waals surface area (Å²) in [5.41, 5.74) is 4.94. The third kappa shape index (κ3) is 3.55. The van der Waals surface area contributed by atoms with Crippen molar-refractivity contribution in [1.82, 2.24) is 0 Å². The molecular formula is C25H32N2O. The molecule has 2 aromatic carbocycles. The molecule has 1 unspecified atom stereocenters. The summed E-state index contributed by atoms with van der Waals surface area (Å²) in [6, 6.07) is 17.5. The number of nitrogens with zero attached hydrogens (tertiary/aromatic N) is 1. The van der Waals surface area contributed by atoms with Gasteiger partial charge in [-0.15, -0.1) is 0 Å². The molecule has 3 nitrogen and oxygen atoms in total. The molecule has 1 saturated carbocycles. The molecule has 28 heavy (non-hydrogen) atoms. The van der Waals surface area contributed by atoms with Gasteiger partial charge >= 0.3 is 0 Å². The van der Waals surface area contributed by atoms with Crippen LogP contribution in [0.3, 0.4) is 0 Å². The van der Waals surface area contributed by atoms with Gasteiger partial charge in [-0.05, 0) is 43.0 Å². The lowest BCUT2D eigenvalue weighted by Crippen LogP contribution is -2.38. The van der Waals surface area contributed by atoms with Crippen LogP contribution in [0.2, 0.25) is 0 Å². The predicted octanol–water partition coefficient (Wildman–Crippen LogP) is 5.89. The molecule has 1 atom stereocenters. The van der Waals surface area contributed by atoms with Crippen molar-refractivity contribution in [2.75, 3.05) is 10.2 Å². The third-order valence-corrected chi connectivity index (χ3v) is 6.95. The lowest BCUT2D eigenvalue weighted by molar-refractivity contribution is -0.120. The Kier molecular flexibility index (Phi) is 5.18. The Balaban J connectivity index is 1.59. The van der Waals surface area contributed by atoms with E-state index in [2.05, 4.69) is 79.5 Å². The predicted molar refractivity (Wildman–Crippen MR) is 117 cm³/mol. The largest absolute Gasteiger partial charge is 0.363 e. The minimum atomic E-state index is 0.0794.